The van der Waals surface area contributed by atoms with E-state index in [0.717, 1.165) is 19.4 Å². The van der Waals surface area contributed by atoms with Gasteiger partial charge in [-0.2, -0.15) is 0 Å². The maximum atomic E-state index is 9.43. The molecule has 2 atom stereocenters. The highest BCUT2D eigenvalue weighted by Gasteiger charge is 2.17. The first-order chi connectivity index (χ1) is 5.33. The van der Waals surface area contributed by atoms with Crippen molar-refractivity contribution in [3.63, 3.8) is 0 Å². The van der Waals surface area contributed by atoms with Gasteiger partial charge in [0, 0.05) is 13.7 Å². The van der Waals surface area contributed by atoms with E-state index in [0.29, 0.717) is 5.92 Å². The van der Waals surface area contributed by atoms with Gasteiger partial charge in [-0.3, -0.25) is 0 Å². The van der Waals surface area contributed by atoms with Gasteiger partial charge in [0.25, 0.3) is 0 Å². The van der Waals surface area contributed by atoms with Crippen LogP contribution < -0.4 is 0 Å². The maximum absolute atomic E-state index is 9.43. The molecule has 1 N–H and O–H groups in total. The molecule has 2 unspecified atom stereocenters. The first-order valence-electron chi connectivity index (χ1n) is 4.50. The summed E-state index contributed by atoms with van der Waals surface area (Å²) in [5, 5.41) is 9.43. The van der Waals surface area contributed by atoms with Crippen LogP contribution in [0.25, 0.3) is 0 Å². The van der Waals surface area contributed by atoms with Crippen LogP contribution in [0.3, 0.4) is 0 Å². The number of aliphatic hydroxyl groups is 1. The lowest BCUT2D eigenvalue weighted by Crippen LogP contribution is -2.14. The Morgan fingerprint density at radius 1 is 1.36 bits per heavy atom. The molecule has 0 heterocycles. The van der Waals surface area contributed by atoms with E-state index in [1.165, 1.54) is 19.3 Å². The minimum atomic E-state index is -0.0716. The van der Waals surface area contributed by atoms with Crippen LogP contribution in [0.5, 0.6) is 0 Å². The molecule has 1 rings (SSSR count). The fourth-order valence-electron chi connectivity index (χ4n) is 1.82. The largest absolute Gasteiger partial charge is 0.393 e. The number of aliphatic hydroxyl groups excluding tert-OH is 1. The van der Waals surface area contributed by atoms with Gasteiger partial charge in [0.2, 0.25) is 0 Å². The molecule has 1 fully saturated rings. The van der Waals surface area contributed by atoms with Crippen molar-refractivity contribution in [2.24, 2.45) is 5.92 Å². The Kier molecular flexibility index (Phi) is 3.87. The van der Waals surface area contributed by atoms with Crippen LogP contribution in [0.1, 0.15) is 32.1 Å². The third-order valence-corrected chi connectivity index (χ3v) is 2.41. The molecule has 2 nitrogen and oxygen atoms in total. The average molecular weight is 158 g/mol. The molecular formula is C9H18O2. The molecule has 1 aliphatic carbocycles. The smallest absolute Gasteiger partial charge is 0.0543 e. The molecule has 1 saturated carbocycles. The van der Waals surface area contributed by atoms with Crippen molar-refractivity contribution in [1.29, 1.82) is 0 Å². The van der Waals surface area contributed by atoms with Crippen LogP contribution in [0.4, 0.5) is 0 Å². The predicted molar refractivity (Wildman–Crippen MR) is 44.5 cm³/mol. The van der Waals surface area contributed by atoms with E-state index < -0.39 is 0 Å². The SMILES string of the molecule is COCC1CCCCC(O)C1. The average Bonchev–Trinajstić information content (AvgIpc) is 2.15. The van der Waals surface area contributed by atoms with Crippen molar-refractivity contribution < 1.29 is 9.84 Å². The standard InChI is InChI=1S/C9H18O2/c1-11-7-8-4-2-3-5-9(10)6-8/h8-10H,2-7H2,1H3. The molecule has 0 radical (unpaired) electrons. The lowest BCUT2D eigenvalue weighted by molar-refractivity contribution is 0.0976. The Bertz CT molecular complexity index is 104. The predicted octanol–water partition coefficient (Wildman–Crippen LogP) is 1.57. The highest BCUT2D eigenvalue weighted by molar-refractivity contribution is 4.69. The Morgan fingerprint density at radius 2 is 2.09 bits per heavy atom. The molecule has 0 amide bonds. The monoisotopic (exact) mass is 158 g/mol. The van der Waals surface area contributed by atoms with E-state index in [1.807, 2.05) is 0 Å². The molecule has 1 aliphatic rings. The molecule has 0 aromatic rings. The summed E-state index contributed by atoms with van der Waals surface area (Å²) >= 11 is 0. The Labute approximate surface area is 68.6 Å². The summed E-state index contributed by atoms with van der Waals surface area (Å²) in [6.07, 6.45) is 5.52. The van der Waals surface area contributed by atoms with Crippen LogP contribution in [-0.4, -0.2) is 24.9 Å². The van der Waals surface area contributed by atoms with Gasteiger partial charge in [0.15, 0.2) is 0 Å². The highest BCUT2D eigenvalue weighted by atomic mass is 16.5. The van der Waals surface area contributed by atoms with Crippen LogP contribution in [0, 0.1) is 5.92 Å². The summed E-state index contributed by atoms with van der Waals surface area (Å²) in [5.74, 6) is 0.595. The number of methoxy groups -OCH3 is 1. The van der Waals surface area contributed by atoms with Gasteiger partial charge in [-0.1, -0.05) is 12.8 Å². The summed E-state index contributed by atoms with van der Waals surface area (Å²) < 4.78 is 5.07. The van der Waals surface area contributed by atoms with Crippen LogP contribution in [0.15, 0.2) is 0 Å². The van der Waals surface area contributed by atoms with Gasteiger partial charge >= 0.3 is 0 Å². The van der Waals surface area contributed by atoms with Crippen molar-refractivity contribution in [3.8, 4) is 0 Å². The van der Waals surface area contributed by atoms with Crippen molar-refractivity contribution >= 4 is 0 Å². The fourth-order valence-corrected chi connectivity index (χ4v) is 1.82. The summed E-state index contributed by atoms with van der Waals surface area (Å²) in [7, 11) is 1.73. The minimum Gasteiger partial charge on any atom is -0.393 e. The molecule has 0 aliphatic heterocycles. The van der Waals surface area contributed by atoms with Crippen molar-refractivity contribution in [2.75, 3.05) is 13.7 Å². The van der Waals surface area contributed by atoms with E-state index in [-0.39, 0.29) is 6.10 Å². The second-order valence-corrected chi connectivity index (χ2v) is 3.50. The normalized spacial score (nSPS) is 33.3. The molecule has 0 saturated heterocycles. The summed E-state index contributed by atoms with van der Waals surface area (Å²) in [5.41, 5.74) is 0. The summed E-state index contributed by atoms with van der Waals surface area (Å²) in [4.78, 5) is 0. The van der Waals surface area contributed by atoms with Gasteiger partial charge in [0.1, 0.15) is 0 Å². The Hall–Kier alpha value is -0.0800. The maximum Gasteiger partial charge on any atom is 0.0543 e. The highest BCUT2D eigenvalue weighted by Crippen LogP contribution is 2.23. The minimum absolute atomic E-state index is 0.0716. The fraction of sp³-hybridized carbons (Fsp3) is 1.00. The quantitative estimate of drug-likeness (QED) is 0.618. The molecule has 0 aromatic carbocycles. The first-order valence-corrected chi connectivity index (χ1v) is 4.50. The van der Waals surface area contributed by atoms with E-state index in [2.05, 4.69) is 0 Å². The third kappa shape index (κ3) is 3.21. The lowest BCUT2D eigenvalue weighted by atomic mass is 10.0. The summed E-state index contributed by atoms with van der Waals surface area (Å²) in [6, 6.07) is 0. The van der Waals surface area contributed by atoms with E-state index in [9.17, 15) is 5.11 Å². The Balaban J connectivity index is 2.27. The van der Waals surface area contributed by atoms with Gasteiger partial charge in [-0.15, -0.1) is 0 Å². The lowest BCUT2D eigenvalue weighted by Gasteiger charge is -2.14. The van der Waals surface area contributed by atoms with Gasteiger partial charge in [-0.25, -0.2) is 0 Å². The van der Waals surface area contributed by atoms with Crippen molar-refractivity contribution in [1.82, 2.24) is 0 Å². The van der Waals surface area contributed by atoms with Crippen molar-refractivity contribution in [2.45, 2.75) is 38.2 Å². The van der Waals surface area contributed by atoms with Gasteiger partial charge in [0.05, 0.1) is 6.10 Å². The molecule has 0 spiro atoms. The summed E-state index contributed by atoms with van der Waals surface area (Å²) in [6.45, 7) is 0.817. The number of hydrogen-bond donors (Lipinski definition) is 1. The molecular weight excluding hydrogens is 140 g/mol. The second kappa shape index (κ2) is 4.73. The van der Waals surface area contributed by atoms with E-state index in [4.69, 9.17) is 4.74 Å². The molecule has 0 aromatic heterocycles. The molecule has 66 valence electrons. The van der Waals surface area contributed by atoms with Crippen LogP contribution in [0.2, 0.25) is 0 Å². The van der Waals surface area contributed by atoms with Gasteiger partial charge in [-0.05, 0) is 25.2 Å². The van der Waals surface area contributed by atoms with Crippen molar-refractivity contribution in [3.05, 3.63) is 0 Å². The zero-order chi connectivity index (χ0) is 8.10. The number of hydrogen-bond acceptors (Lipinski definition) is 2. The zero-order valence-electron chi connectivity index (χ0n) is 7.25. The van der Waals surface area contributed by atoms with Crippen LogP contribution in [-0.2, 0) is 4.74 Å². The zero-order valence-corrected chi connectivity index (χ0v) is 7.25. The molecule has 0 bridgehead atoms. The second-order valence-electron chi connectivity index (χ2n) is 3.50. The van der Waals surface area contributed by atoms with Crippen LogP contribution >= 0.6 is 0 Å². The number of ether oxygens (including phenoxy) is 1. The Morgan fingerprint density at radius 3 is 2.82 bits per heavy atom. The molecule has 2 heteroatoms. The molecule has 11 heavy (non-hydrogen) atoms. The van der Waals surface area contributed by atoms with E-state index in [1.54, 1.807) is 7.11 Å². The van der Waals surface area contributed by atoms with Gasteiger partial charge < -0.3 is 9.84 Å². The topological polar surface area (TPSA) is 29.5 Å². The first kappa shape index (κ1) is 9.01. The number of rotatable bonds is 2. The van der Waals surface area contributed by atoms with E-state index >= 15 is 0 Å². The third-order valence-electron chi connectivity index (χ3n) is 2.41.